The van der Waals surface area contributed by atoms with Crippen LogP contribution in [0.3, 0.4) is 0 Å². The zero-order valence-electron chi connectivity index (χ0n) is 16.7. The first-order valence-corrected chi connectivity index (χ1v) is 10.9. The molecule has 2 aromatic rings. The van der Waals surface area contributed by atoms with E-state index in [9.17, 15) is 9.59 Å². The van der Waals surface area contributed by atoms with Gasteiger partial charge in [0.05, 0.1) is 34.4 Å². The van der Waals surface area contributed by atoms with E-state index in [0.29, 0.717) is 51.1 Å². The van der Waals surface area contributed by atoms with Crippen LogP contribution >= 0.6 is 23.2 Å². The number of primary amides is 1. The lowest BCUT2D eigenvalue weighted by Gasteiger charge is -2.47. The zero-order valence-corrected chi connectivity index (χ0v) is 18.2. The Morgan fingerprint density at radius 3 is 2.53 bits per heavy atom. The van der Waals surface area contributed by atoms with Crippen molar-refractivity contribution in [1.82, 2.24) is 20.0 Å². The van der Waals surface area contributed by atoms with Gasteiger partial charge in [-0.15, -0.1) is 0 Å². The van der Waals surface area contributed by atoms with Crippen LogP contribution in [0.25, 0.3) is 11.3 Å². The number of hydrogen-bond donors (Lipinski definition) is 2. The van der Waals surface area contributed by atoms with Crippen LogP contribution in [-0.4, -0.2) is 38.7 Å². The molecule has 3 amide bonds. The van der Waals surface area contributed by atoms with Gasteiger partial charge in [0, 0.05) is 17.6 Å². The van der Waals surface area contributed by atoms with E-state index in [1.54, 1.807) is 27.8 Å². The van der Waals surface area contributed by atoms with Gasteiger partial charge in [0.1, 0.15) is 5.69 Å². The zero-order chi connectivity index (χ0) is 21.3. The second-order valence-electron chi connectivity index (χ2n) is 9.15. The highest BCUT2D eigenvalue weighted by atomic mass is 35.5. The van der Waals surface area contributed by atoms with Crippen LogP contribution in [0.5, 0.6) is 0 Å². The second-order valence-corrected chi connectivity index (χ2v) is 9.97. The monoisotopic (exact) mass is 447 g/mol. The van der Waals surface area contributed by atoms with Gasteiger partial charge in [-0.2, -0.15) is 5.10 Å². The summed E-state index contributed by atoms with van der Waals surface area (Å²) in [6, 6.07) is 4.98. The number of aromatic nitrogens is 2. The van der Waals surface area contributed by atoms with E-state index in [2.05, 4.69) is 17.3 Å². The number of carbonyl (C=O) groups excluding carboxylic acids is 2. The molecule has 3 aliphatic rings. The molecule has 2 heterocycles. The van der Waals surface area contributed by atoms with Crippen LogP contribution < -0.4 is 11.1 Å². The number of fused-ring (bicyclic) bond motifs is 1. The maximum atomic E-state index is 12.9. The van der Waals surface area contributed by atoms with E-state index in [0.717, 1.165) is 12.8 Å². The van der Waals surface area contributed by atoms with Gasteiger partial charge in [0.25, 0.3) is 5.91 Å². The maximum absolute atomic E-state index is 12.9. The molecule has 2 fully saturated rings. The Bertz CT molecular complexity index is 1070. The number of halogens is 2. The predicted octanol–water partition coefficient (Wildman–Crippen LogP) is 3.81. The number of benzene rings is 1. The number of nitrogens with one attached hydrogen (secondary N) is 1. The fraction of sp³-hybridized carbons (Fsp3) is 0.476. The van der Waals surface area contributed by atoms with Crippen molar-refractivity contribution in [2.24, 2.45) is 11.1 Å². The molecule has 0 atom stereocenters. The fourth-order valence-corrected chi connectivity index (χ4v) is 5.45. The quantitative estimate of drug-likeness (QED) is 0.748. The van der Waals surface area contributed by atoms with E-state index in [-0.39, 0.29) is 18.1 Å². The molecule has 158 valence electrons. The van der Waals surface area contributed by atoms with Gasteiger partial charge in [-0.1, -0.05) is 29.3 Å². The standard InChI is InChI=1S/C21H23Cl2N5O2/c1-20(10-21(11-20)4-5-21)25-19(30)27-6-7-28-15(9-27)16(18(24)29)17(26-28)12-2-3-13(22)14(23)8-12/h2-3,8H,4-7,9-11H2,1H3,(H2,24,29)(H,25,30). The Hall–Kier alpha value is -2.25. The number of nitrogens with two attached hydrogens (primary N) is 1. The van der Waals surface area contributed by atoms with Gasteiger partial charge in [0.2, 0.25) is 0 Å². The van der Waals surface area contributed by atoms with Crippen molar-refractivity contribution in [3.8, 4) is 11.3 Å². The van der Waals surface area contributed by atoms with Crippen molar-refractivity contribution in [3.63, 3.8) is 0 Å². The molecule has 0 radical (unpaired) electrons. The Balaban J connectivity index is 1.40. The van der Waals surface area contributed by atoms with Gasteiger partial charge in [-0.3, -0.25) is 9.48 Å². The number of nitrogens with zero attached hydrogens (tertiary/aromatic N) is 3. The largest absolute Gasteiger partial charge is 0.365 e. The summed E-state index contributed by atoms with van der Waals surface area (Å²) in [5.41, 5.74) is 8.15. The third-order valence-corrected chi connectivity index (χ3v) is 7.34. The maximum Gasteiger partial charge on any atom is 0.318 e. The van der Waals surface area contributed by atoms with Crippen LogP contribution in [0.15, 0.2) is 18.2 Å². The molecule has 2 aliphatic carbocycles. The number of amides is 3. The number of urea groups is 1. The van der Waals surface area contributed by atoms with Gasteiger partial charge in [-0.05, 0) is 50.2 Å². The minimum atomic E-state index is -0.582. The summed E-state index contributed by atoms with van der Waals surface area (Å²) >= 11 is 12.2. The average Bonchev–Trinajstić information content (AvgIpc) is 3.32. The van der Waals surface area contributed by atoms with Crippen LogP contribution in [0.4, 0.5) is 4.79 Å². The summed E-state index contributed by atoms with van der Waals surface area (Å²) in [6.07, 6.45) is 4.65. The summed E-state index contributed by atoms with van der Waals surface area (Å²) in [4.78, 5) is 27.0. The third-order valence-electron chi connectivity index (χ3n) is 6.60. The molecule has 9 heteroatoms. The highest BCUT2D eigenvalue weighted by Crippen LogP contribution is 2.64. The number of hydrogen-bond acceptors (Lipinski definition) is 3. The Kier molecular flexibility index (Phi) is 4.35. The summed E-state index contributed by atoms with van der Waals surface area (Å²) in [7, 11) is 0. The van der Waals surface area contributed by atoms with E-state index in [1.807, 2.05) is 0 Å². The van der Waals surface area contributed by atoms with E-state index >= 15 is 0 Å². The van der Waals surface area contributed by atoms with E-state index < -0.39 is 5.91 Å². The summed E-state index contributed by atoms with van der Waals surface area (Å²) < 4.78 is 1.76. The molecular weight excluding hydrogens is 425 g/mol. The van der Waals surface area contributed by atoms with Crippen molar-refractivity contribution >= 4 is 35.1 Å². The first-order valence-electron chi connectivity index (χ1n) is 10.1. The van der Waals surface area contributed by atoms with E-state index in [4.69, 9.17) is 28.9 Å². The van der Waals surface area contributed by atoms with Crippen molar-refractivity contribution < 1.29 is 9.59 Å². The topological polar surface area (TPSA) is 93.2 Å². The SMILES string of the molecule is CC1(NC(=O)N2CCn3nc(-c4ccc(Cl)c(Cl)c4)c(C(N)=O)c3C2)CC2(CC2)C1. The van der Waals surface area contributed by atoms with Crippen LogP contribution in [0, 0.1) is 5.41 Å². The van der Waals surface area contributed by atoms with Gasteiger partial charge >= 0.3 is 6.03 Å². The average molecular weight is 448 g/mol. The first kappa shape index (κ1) is 19.7. The molecule has 0 bridgehead atoms. The summed E-state index contributed by atoms with van der Waals surface area (Å²) in [5.74, 6) is -0.582. The Labute approximate surface area is 184 Å². The lowest BCUT2D eigenvalue weighted by molar-refractivity contribution is 0.0935. The van der Waals surface area contributed by atoms with Gasteiger partial charge in [0.15, 0.2) is 0 Å². The Morgan fingerprint density at radius 2 is 1.90 bits per heavy atom. The number of rotatable bonds is 3. The van der Waals surface area contributed by atoms with Gasteiger partial charge < -0.3 is 16.0 Å². The van der Waals surface area contributed by atoms with Gasteiger partial charge in [-0.25, -0.2) is 4.79 Å². The minimum absolute atomic E-state index is 0.105. The molecule has 5 rings (SSSR count). The Morgan fingerprint density at radius 1 is 1.17 bits per heavy atom. The number of carbonyl (C=O) groups is 2. The molecule has 30 heavy (non-hydrogen) atoms. The van der Waals surface area contributed by atoms with Crippen molar-refractivity contribution in [2.75, 3.05) is 6.54 Å². The fourth-order valence-electron chi connectivity index (χ4n) is 5.15. The normalized spacial score (nSPS) is 20.4. The smallest absolute Gasteiger partial charge is 0.318 e. The first-order chi connectivity index (χ1) is 14.2. The second kappa shape index (κ2) is 6.62. The molecule has 1 spiro atoms. The molecule has 7 nitrogen and oxygen atoms in total. The molecule has 1 aromatic carbocycles. The highest BCUT2D eigenvalue weighted by Gasteiger charge is 2.59. The van der Waals surface area contributed by atoms with Crippen molar-refractivity contribution in [1.29, 1.82) is 0 Å². The summed E-state index contributed by atoms with van der Waals surface area (Å²) in [6.45, 7) is 3.39. The molecule has 0 unspecified atom stereocenters. The lowest BCUT2D eigenvalue weighted by atomic mass is 9.67. The van der Waals surface area contributed by atoms with E-state index in [1.165, 1.54) is 12.8 Å². The minimum Gasteiger partial charge on any atom is -0.365 e. The van der Waals surface area contributed by atoms with Crippen LogP contribution in [0.2, 0.25) is 10.0 Å². The lowest BCUT2D eigenvalue weighted by Crippen LogP contribution is -2.59. The predicted molar refractivity (Wildman–Crippen MR) is 114 cm³/mol. The molecule has 3 N–H and O–H groups in total. The van der Waals surface area contributed by atoms with Crippen molar-refractivity contribution in [3.05, 3.63) is 39.5 Å². The summed E-state index contributed by atoms with van der Waals surface area (Å²) in [5, 5.41) is 8.59. The highest BCUT2D eigenvalue weighted by molar-refractivity contribution is 6.42. The molecular formula is C21H23Cl2N5O2. The molecule has 1 aliphatic heterocycles. The molecule has 0 saturated heterocycles. The third kappa shape index (κ3) is 3.24. The van der Waals surface area contributed by atoms with Crippen LogP contribution in [-0.2, 0) is 13.1 Å². The van der Waals surface area contributed by atoms with Crippen LogP contribution in [0.1, 0.15) is 48.7 Å². The molecule has 2 saturated carbocycles. The molecule has 1 aromatic heterocycles. The van der Waals surface area contributed by atoms with Crippen molar-refractivity contribution in [2.45, 2.75) is 51.2 Å².